The molecule has 4 aliphatic carbocycles. The van der Waals surface area contributed by atoms with Gasteiger partial charge in [-0.2, -0.15) is 5.10 Å². The number of nitrogens with one attached hydrogen (secondary N) is 3. The van der Waals surface area contributed by atoms with Gasteiger partial charge in [-0.1, -0.05) is 19.9 Å². The molecule has 5 fully saturated rings. The van der Waals surface area contributed by atoms with Crippen LogP contribution in [0.5, 0.6) is 11.5 Å². The van der Waals surface area contributed by atoms with Gasteiger partial charge in [0.15, 0.2) is 5.69 Å². The quantitative estimate of drug-likeness (QED) is 0.0569. The highest BCUT2D eigenvalue weighted by molar-refractivity contribution is 5.98. The molecule has 422 valence electrons. The maximum absolute atomic E-state index is 14.4. The first-order valence-corrected chi connectivity index (χ1v) is 26.7. The van der Waals surface area contributed by atoms with Crippen molar-refractivity contribution < 1.29 is 68.1 Å². The van der Waals surface area contributed by atoms with Gasteiger partial charge < -0.3 is 55.3 Å². The van der Waals surface area contributed by atoms with E-state index in [-0.39, 0.29) is 94.9 Å². The van der Waals surface area contributed by atoms with E-state index in [1.165, 1.54) is 0 Å². The van der Waals surface area contributed by atoms with Gasteiger partial charge in [-0.15, -0.1) is 0 Å². The minimum atomic E-state index is -1.35. The standard InChI is InChI=1S/C54H77N9O14/c1-35(2)41-29-40(55-10-20-76-22-23-77-21-11-56-47(64)31-59-12-14-60(32-48(65)66)16-18-62(34-50(69)70)19-17-61(15-13-59)33-49(67)68)8-9-43(41)63-44(51-45(74-3)6-5-7-46(51)75-4)30-42(58-63)52(71)57-54(53(72)73)38-25-36-24-37(27-38)28-39(54)26-36/h5-9,29-30,35-39,55H,10-28,31-34H2,1-4H3,(H,56,64)(H,57,71)(H,65,66)(H,67,68)(H,69,70)(H,72,73). The zero-order valence-electron chi connectivity index (χ0n) is 44.7. The number of hydrogen-bond acceptors (Lipinski definition) is 16. The molecular formula is C54H77N9O14. The Bertz CT molecular complexity index is 2460. The monoisotopic (exact) mass is 1080 g/mol. The molecule has 0 atom stereocenters. The van der Waals surface area contributed by atoms with Crippen LogP contribution in [0.15, 0.2) is 42.5 Å². The number of aromatic nitrogens is 2. The van der Waals surface area contributed by atoms with Gasteiger partial charge in [-0.25, -0.2) is 9.48 Å². The Balaban J connectivity index is 0.907. The number of nitrogens with zero attached hydrogens (tertiary/aromatic N) is 6. The highest BCUT2D eigenvalue weighted by atomic mass is 16.5. The number of anilines is 1. The van der Waals surface area contributed by atoms with Crippen LogP contribution in [-0.2, 0) is 33.4 Å². The molecule has 1 saturated heterocycles. The summed E-state index contributed by atoms with van der Waals surface area (Å²) in [5, 5.41) is 53.5. The van der Waals surface area contributed by atoms with E-state index in [0.29, 0.717) is 87.1 Å². The number of benzene rings is 2. The lowest BCUT2D eigenvalue weighted by molar-refractivity contribution is -0.163. The van der Waals surface area contributed by atoms with E-state index >= 15 is 0 Å². The summed E-state index contributed by atoms with van der Waals surface area (Å²) in [6, 6.07) is 13.0. The lowest BCUT2D eigenvalue weighted by atomic mass is 9.48. The van der Waals surface area contributed by atoms with Crippen LogP contribution in [0.4, 0.5) is 5.69 Å². The molecule has 23 nitrogen and oxygen atoms in total. The molecule has 1 aromatic heterocycles. The van der Waals surface area contributed by atoms with E-state index in [1.54, 1.807) is 39.7 Å². The first-order valence-electron chi connectivity index (χ1n) is 26.7. The molecule has 0 spiro atoms. The predicted molar refractivity (Wildman–Crippen MR) is 283 cm³/mol. The van der Waals surface area contributed by atoms with Gasteiger partial charge in [0, 0.05) is 71.1 Å². The van der Waals surface area contributed by atoms with Crippen LogP contribution in [-0.4, -0.2) is 223 Å². The van der Waals surface area contributed by atoms with Gasteiger partial charge in [0.25, 0.3) is 5.91 Å². The maximum Gasteiger partial charge on any atom is 0.330 e. The van der Waals surface area contributed by atoms with Gasteiger partial charge in [0.1, 0.15) is 17.0 Å². The molecule has 8 rings (SSSR count). The Kier molecular flexibility index (Phi) is 20.7. The minimum absolute atomic E-state index is 0.00438. The molecule has 4 saturated carbocycles. The fraction of sp³-hybridized carbons (Fsp3) is 0.611. The number of methoxy groups -OCH3 is 2. The number of carbonyl (C=O) groups excluding carboxylic acids is 2. The van der Waals surface area contributed by atoms with Gasteiger partial charge >= 0.3 is 23.9 Å². The van der Waals surface area contributed by atoms with Gasteiger partial charge in [0.2, 0.25) is 5.91 Å². The third-order valence-corrected chi connectivity index (χ3v) is 15.5. The van der Waals surface area contributed by atoms with Gasteiger partial charge in [0.05, 0.1) is 83.8 Å². The third-order valence-electron chi connectivity index (χ3n) is 15.5. The average Bonchev–Trinajstić information content (AvgIpc) is 4.03. The molecule has 77 heavy (non-hydrogen) atoms. The fourth-order valence-electron chi connectivity index (χ4n) is 12.0. The second-order valence-corrected chi connectivity index (χ2v) is 21.0. The van der Waals surface area contributed by atoms with Crippen LogP contribution in [0, 0.1) is 23.7 Å². The number of hydrogen-bond donors (Lipinski definition) is 7. The summed E-state index contributed by atoms with van der Waals surface area (Å²) in [6.45, 7) is 7.76. The highest BCUT2D eigenvalue weighted by Crippen LogP contribution is 2.58. The number of carboxylic acid groups (broad SMARTS) is 4. The van der Waals surface area contributed by atoms with Crippen molar-refractivity contribution in [2.75, 3.05) is 138 Å². The smallest absolute Gasteiger partial charge is 0.330 e. The zero-order chi connectivity index (χ0) is 55.2. The van der Waals surface area contributed by atoms with Crippen LogP contribution < -0.4 is 25.4 Å². The number of carboxylic acids is 4. The molecule has 2 heterocycles. The number of rotatable bonds is 26. The second kappa shape index (κ2) is 27.3. The van der Waals surface area contributed by atoms with E-state index in [1.807, 2.05) is 41.3 Å². The Hall–Kier alpha value is -6.37. The van der Waals surface area contributed by atoms with Crippen molar-refractivity contribution in [2.24, 2.45) is 23.7 Å². The lowest BCUT2D eigenvalue weighted by Gasteiger charge is -2.59. The van der Waals surface area contributed by atoms with E-state index in [0.717, 1.165) is 49.0 Å². The first kappa shape index (κ1) is 58.3. The van der Waals surface area contributed by atoms with E-state index < -0.39 is 35.3 Å². The molecule has 2 aromatic carbocycles. The van der Waals surface area contributed by atoms with E-state index in [4.69, 9.17) is 24.0 Å². The van der Waals surface area contributed by atoms with Crippen molar-refractivity contribution in [3.05, 3.63) is 53.7 Å². The molecule has 2 amide bonds. The number of amides is 2. The molecule has 0 radical (unpaired) electrons. The van der Waals surface area contributed by atoms with E-state index in [9.17, 15) is 49.2 Å². The molecule has 3 aromatic rings. The summed E-state index contributed by atoms with van der Waals surface area (Å²) in [7, 11) is 3.13. The van der Waals surface area contributed by atoms with Crippen molar-refractivity contribution in [3.8, 4) is 28.4 Å². The molecular weight excluding hydrogens is 999 g/mol. The molecule has 0 unspecified atom stereocenters. The molecule has 7 N–H and O–H groups in total. The van der Waals surface area contributed by atoms with Crippen molar-refractivity contribution in [1.82, 2.24) is 40.0 Å². The summed E-state index contributed by atoms with van der Waals surface area (Å²) in [5.74, 6) is -3.09. The predicted octanol–water partition coefficient (Wildman–Crippen LogP) is 2.73. The van der Waals surface area contributed by atoms with Crippen molar-refractivity contribution in [3.63, 3.8) is 0 Å². The Morgan fingerprint density at radius 1 is 0.649 bits per heavy atom. The molecule has 5 aliphatic rings. The normalized spacial score (nSPS) is 22.5. The van der Waals surface area contributed by atoms with E-state index in [2.05, 4.69) is 29.8 Å². The Morgan fingerprint density at radius 3 is 1.61 bits per heavy atom. The molecule has 23 heteroatoms. The van der Waals surface area contributed by atoms with Crippen LogP contribution in [0.25, 0.3) is 16.9 Å². The largest absolute Gasteiger partial charge is 0.496 e. The van der Waals surface area contributed by atoms with Gasteiger partial charge in [-0.3, -0.25) is 43.6 Å². The topological polar surface area (TPSA) is 287 Å². The summed E-state index contributed by atoms with van der Waals surface area (Å²) in [5.41, 5.74) is 2.34. The summed E-state index contributed by atoms with van der Waals surface area (Å²) in [4.78, 5) is 82.3. The Labute approximate surface area is 449 Å². The third kappa shape index (κ3) is 15.2. The SMILES string of the molecule is COc1cccc(OC)c1-c1cc(C(=O)NC2(C(=O)O)C3CC4CC(C3)CC2C4)nn1-c1ccc(NCCOCCOCCNC(=O)CN2CCN(CC(=O)O)CCN(CC(=O)O)CCN(CC(=O)O)CC2)cc1C(C)C. The number of carbonyl (C=O) groups is 6. The van der Waals surface area contributed by atoms with Crippen LogP contribution in [0.1, 0.15) is 67.9 Å². The van der Waals surface area contributed by atoms with Gasteiger partial charge in [-0.05, 0) is 104 Å². The summed E-state index contributed by atoms with van der Waals surface area (Å²) < 4.78 is 24.9. The number of ether oxygens (including phenoxy) is 4. The summed E-state index contributed by atoms with van der Waals surface area (Å²) >= 11 is 0. The lowest BCUT2D eigenvalue weighted by Crippen LogP contribution is -2.70. The molecule has 4 bridgehead atoms. The van der Waals surface area contributed by atoms with Crippen molar-refractivity contribution in [2.45, 2.75) is 57.4 Å². The first-order chi connectivity index (χ1) is 37.0. The highest BCUT2D eigenvalue weighted by Gasteiger charge is 2.62. The van der Waals surface area contributed by atoms with Crippen LogP contribution >= 0.6 is 0 Å². The summed E-state index contributed by atoms with van der Waals surface area (Å²) in [6.07, 6.45) is 4.34. The minimum Gasteiger partial charge on any atom is -0.496 e. The average molecular weight is 1080 g/mol. The Morgan fingerprint density at radius 2 is 1.14 bits per heavy atom. The van der Waals surface area contributed by atoms with Crippen LogP contribution in [0.2, 0.25) is 0 Å². The zero-order valence-corrected chi connectivity index (χ0v) is 44.7. The maximum atomic E-state index is 14.4. The van der Waals surface area contributed by atoms with Crippen molar-refractivity contribution >= 4 is 41.4 Å². The fourth-order valence-corrected chi connectivity index (χ4v) is 12.0. The van der Waals surface area contributed by atoms with Crippen LogP contribution in [0.3, 0.4) is 0 Å². The second-order valence-electron chi connectivity index (χ2n) is 21.0. The number of aliphatic carboxylic acids is 4. The molecule has 1 aliphatic heterocycles. The van der Waals surface area contributed by atoms with Crippen molar-refractivity contribution in [1.29, 1.82) is 0 Å².